The first-order valence-corrected chi connectivity index (χ1v) is 13.6. The van der Waals surface area contributed by atoms with Gasteiger partial charge in [0.15, 0.2) is 5.76 Å². The number of nitrogens with zero attached hydrogens (tertiary/aromatic N) is 2. The number of nitrogens with one attached hydrogen (secondary N) is 1. The standard InChI is InChI=1S/C24H31N3O3S2/c1-3-20-6-7-21(23-15-18(2)26-30-23)16-24(20)32(28,29)25-17-19-8-11-27(12-9-19)13-10-22-5-4-14-31-22/h4-7,14-16,19,25H,3,8-13,17H2,1-2H3. The molecule has 0 atom stereocenters. The zero-order valence-corrected chi connectivity index (χ0v) is 20.3. The second-order valence-corrected chi connectivity index (χ2v) is 11.2. The predicted octanol–water partition coefficient (Wildman–Crippen LogP) is 4.51. The van der Waals surface area contributed by atoms with Crippen molar-refractivity contribution < 1.29 is 12.9 Å². The molecule has 1 aliphatic heterocycles. The van der Waals surface area contributed by atoms with Crippen LogP contribution < -0.4 is 4.72 Å². The Morgan fingerprint density at radius 2 is 2.03 bits per heavy atom. The Morgan fingerprint density at radius 3 is 2.69 bits per heavy atom. The summed E-state index contributed by atoms with van der Waals surface area (Å²) >= 11 is 1.81. The molecule has 0 spiro atoms. The second-order valence-electron chi connectivity index (χ2n) is 8.47. The average molecular weight is 474 g/mol. The fraction of sp³-hybridized carbons (Fsp3) is 0.458. The fourth-order valence-electron chi connectivity index (χ4n) is 4.19. The molecule has 0 unspecified atom stereocenters. The minimum absolute atomic E-state index is 0.333. The van der Waals surface area contributed by atoms with Gasteiger partial charge in [-0.25, -0.2) is 13.1 Å². The van der Waals surface area contributed by atoms with E-state index in [1.165, 1.54) is 4.88 Å². The van der Waals surface area contributed by atoms with Crippen LogP contribution in [0.25, 0.3) is 11.3 Å². The molecule has 0 bridgehead atoms. The minimum atomic E-state index is -3.60. The number of piperidine rings is 1. The van der Waals surface area contributed by atoms with Gasteiger partial charge in [-0.2, -0.15) is 0 Å². The molecule has 172 valence electrons. The van der Waals surface area contributed by atoms with Crippen molar-refractivity contribution >= 4 is 21.4 Å². The number of sulfonamides is 1. The summed E-state index contributed by atoms with van der Waals surface area (Å²) in [5.41, 5.74) is 2.30. The summed E-state index contributed by atoms with van der Waals surface area (Å²) in [6.45, 7) is 7.43. The topological polar surface area (TPSA) is 75.4 Å². The molecule has 32 heavy (non-hydrogen) atoms. The highest BCUT2D eigenvalue weighted by atomic mass is 32.2. The third-order valence-electron chi connectivity index (χ3n) is 6.17. The summed E-state index contributed by atoms with van der Waals surface area (Å²) in [4.78, 5) is 4.25. The van der Waals surface area contributed by atoms with Crippen molar-refractivity contribution in [2.45, 2.75) is 44.4 Å². The van der Waals surface area contributed by atoms with Gasteiger partial charge in [0, 0.05) is 29.6 Å². The maximum atomic E-state index is 13.2. The molecular formula is C24H31N3O3S2. The molecule has 8 heteroatoms. The van der Waals surface area contributed by atoms with E-state index in [2.05, 4.69) is 32.3 Å². The molecule has 1 N–H and O–H groups in total. The van der Waals surface area contributed by atoms with Crippen LogP contribution in [-0.4, -0.2) is 44.7 Å². The summed E-state index contributed by atoms with van der Waals surface area (Å²) in [7, 11) is -3.60. The summed E-state index contributed by atoms with van der Waals surface area (Å²) in [5.74, 6) is 0.949. The number of aryl methyl sites for hydroxylation is 2. The molecule has 1 saturated heterocycles. The fourth-order valence-corrected chi connectivity index (χ4v) is 6.34. The normalized spacial score (nSPS) is 15.9. The molecule has 0 saturated carbocycles. The molecule has 0 radical (unpaired) electrons. The van der Waals surface area contributed by atoms with Crippen molar-refractivity contribution in [3.63, 3.8) is 0 Å². The van der Waals surface area contributed by atoms with E-state index in [0.717, 1.165) is 55.7 Å². The van der Waals surface area contributed by atoms with Crippen LogP contribution >= 0.6 is 11.3 Å². The summed E-state index contributed by atoms with van der Waals surface area (Å²) in [6.07, 6.45) is 3.78. The number of benzene rings is 1. The molecule has 3 heterocycles. The van der Waals surface area contributed by atoms with Crippen molar-refractivity contribution in [2.75, 3.05) is 26.2 Å². The van der Waals surface area contributed by atoms with E-state index in [0.29, 0.717) is 29.5 Å². The first-order valence-electron chi connectivity index (χ1n) is 11.3. The van der Waals surface area contributed by atoms with Crippen molar-refractivity contribution in [1.29, 1.82) is 0 Å². The lowest BCUT2D eigenvalue weighted by molar-refractivity contribution is 0.187. The summed E-state index contributed by atoms with van der Waals surface area (Å²) < 4.78 is 34.6. The molecule has 1 fully saturated rings. The van der Waals surface area contributed by atoms with Gasteiger partial charge in [-0.3, -0.25) is 0 Å². The van der Waals surface area contributed by atoms with Gasteiger partial charge in [-0.05, 0) is 74.7 Å². The third kappa shape index (κ3) is 5.67. The second kappa shape index (κ2) is 10.3. The van der Waals surface area contributed by atoms with Crippen LogP contribution in [0.5, 0.6) is 0 Å². The third-order valence-corrected chi connectivity index (χ3v) is 8.62. The van der Waals surface area contributed by atoms with Crippen molar-refractivity contribution in [3.8, 4) is 11.3 Å². The van der Waals surface area contributed by atoms with Crippen molar-refractivity contribution in [3.05, 3.63) is 57.9 Å². The Labute approximate surface area is 194 Å². The van der Waals surface area contributed by atoms with Gasteiger partial charge in [0.25, 0.3) is 0 Å². The Hall–Kier alpha value is -2.00. The Kier molecular flexibility index (Phi) is 7.45. The molecule has 0 amide bonds. The summed E-state index contributed by atoms with van der Waals surface area (Å²) in [6, 6.07) is 11.6. The SMILES string of the molecule is CCc1ccc(-c2cc(C)no2)cc1S(=O)(=O)NCC1CCN(CCc2cccs2)CC1. The molecular weight excluding hydrogens is 442 g/mol. The highest BCUT2D eigenvalue weighted by Gasteiger charge is 2.24. The number of hydrogen-bond acceptors (Lipinski definition) is 6. The lowest BCUT2D eigenvalue weighted by atomic mass is 9.97. The van der Waals surface area contributed by atoms with Crippen LogP contribution in [0.3, 0.4) is 0 Å². The smallest absolute Gasteiger partial charge is 0.240 e. The van der Waals surface area contributed by atoms with Crippen LogP contribution in [0.15, 0.2) is 51.2 Å². The van der Waals surface area contributed by atoms with E-state index >= 15 is 0 Å². The highest BCUT2D eigenvalue weighted by Crippen LogP contribution is 2.27. The van der Waals surface area contributed by atoms with Gasteiger partial charge < -0.3 is 9.42 Å². The van der Waals surface area contributed by atoms with Gasteiger partial charge in [-0.1, -0.05) is 30.3 Å². The first kappa shape index (κ1) is 23.2. The molecule has 3 aromatic rings. The molecule has 4 rings (SSSR count). The lowest BCUT2D eigenvalue weighted by Crippen LogP contribution is -2.39. The molecule has 1 aliphatic rings. The number of aromatic nitrogens is 1. The van der Waals surface area contributed by atoms with E-state index in [1.807, 2.05) is 43.4 Å². The van der Waals surface area contributed by atoms with E-state index in [4.69, 9.17) is 4.52 Å². The van der Waals surface area contributed by atoms with Crippen molar-refractivity contribution in [1.82, 2.24) is 14.8 Å². The van der Waals surface area contributed by atoms with Gasteiger partial charge in [0.1, 0.15) is 0 Å². The van der Waals surface area contributed by atoms with Crippen LogP contribution in [0.4, 0.5) is 0 Å². The summed E-state index contributed by atoms with van der Waals surface area (Å²) in [5, 5.41) is 6.04. The quantitative estimate of drug-likeness (QED) is 0.495. The number of likely N-dealkylation sites (tertiary alicyclic amines) is 1. The van der Waals surface area contributed by atoms with E-state index in [-0.39, 0.29) is 0 Å². The molecule has 0 aliphatic carbocycles. The highest BCUT2D eigenvalue weighted by molar-refractivity contribution is 7.89. The lowest BCUT2D eigenvalue weighted by Gasteiger charge is -2.31. The van der Waals surface area contributed by atoms with Gasteiger partial charge in [-0.15, -0.1) is 11.3 Å². The van der Waals surface area contributed by atoms with Crippen LogP contribution in [0, 0.1) is 12.8 Å². The zero-order chi connectivity index (χ0) is 22.6. The minimum Gasteiger partial charge on any atom is -0.356 e. The Balaban J connectivity index is 1.35. The number of thiophene rings is 1. The monoisotopic (exact) mass is 473 g/mol. The van der Waals surface area contributed by atoms with Gasteiger partial charge in [0.05, 0.1) is 10.6 Å². The Bertz CT molecular complexity index is 1120. The first-order chi connectivity index (χ1) is 15.4. The predicted molar refractivity (Wildman–Crippen MR) is 128 cm³/mol. The maximum absolute atomic E-state index is 13.2. The van der Waals surface area contributed by atoms with E-state index in [1.54, 1.807) is 6.07 Å². The molecule has 1 aromatic carbocycles. The van der Waals surface area contributed by atoms with Crippen LogP contribution in [0.1, 0.15) is 35.9 Å². The molecule has 6 nitrogen and oxygen atoms in total. The largest absolute Gasteiger partial charge is 0.356 e. The maximum Gasteiger partial charge on any atom is 0.240 e. The zero-order valence-electron chi connectivity index (χ0n) is 18.7. The van der Waals surface area contributed by atoms with Crippen molar-refractivity contribution in [2.24, 2.45) is 5.92 Å². The van der Waals surface area contributed by atoms with Crippen LogP contribution in [0.2, 0.25) is 0 Å². The average Bonchev–Trinajstić information content (AvgIpc) is 3.48. The van der Waals surface area contributed by atoms with Gasteiger partial charge >= 0.3 is 0 Å². The number of hydrogen-bond donors (Lipinski definition) is 1. The van der Waals surface area contributed by atoms with E-state index in [9.17, 15) is 8.42 Å². The van der Waals surface area contributed by atoms with E-state index < -0.39 is 10.0 Å². The van der Waals surface area contributed by atoms with Crippen LogP contribution in [-0.2, 0) is 22.9 Å². The Morgan fingerprint density at radius 1 is 1.22 bits per heavy atom. The number of rotatable bonds is 9. The molecule has 2 aromatic heterocycles. The van der Waals surface area contributed by atoms with Gasteiger partial charge in [0.2, 0.25) is 10.0 Å².